The van der Waals surface area contributed by atoms with Crippen LogP contribution in [0.25, 0.3) is 22.1 Å². The van der Waals surface area contributed by atoms with Gasteiger partial charge in [-0.05, 0) is 47.9 Å². The molecule has 2 N–H and O–H groups in total. The first-order valence-corrected chi connectivity index (χ1v) is 10.8. The Labute approximate surface area is 191 Å². The van der Waals surface area contributed by atoms with Gasteiger partial charge in [-0.1, -0.05) is 48.0 Å². The molecular formula is C26H24ClNO4. The predicted molar refractivity (Wildman–Crippen MR) is 126 cm³/mol. The highest BCUT2D eigenvalue weighted by molar-refractivity contribution is 6.35. The van der Waals surface area contributed by atoms with E-state index in [0.29, 0.717) is 29.5 Å². The topological polar surface area (TPSA) is 74.7 Å². The Morgan fingerprint density at radius 2 is 1.88 bits per heavy atom. The second kappa shape index (κ2) is 9.90. The fraction of sp³-hybridized carbons (Fsp3) is 0.192. The molecule has 4 aromatic rings. The molecule has 0 fully saturated rings. The maximum atomic E-state index is 11.9. The van der Waals surface area contributed by atoms with Crippen LogP contribution >= 0.6 is 11.6 Å². The SMILES string of the molecule is CCOC(=O)Cc1ccccc1OCc1coc2c(Cl)cc(-c3cccc(CN)c3)cc12. The zero-order valence-corrected chi connectivity index (χ0v) is 18.5. The molecule has 0 aliphatic heterocycles. The lowest BCUT2D eigenvalue weighted by molar-refractivity contribution is -0.142. The van der Waals surface area contributed by atoms with Gasteiger partial charge in [0.25, 0.3) is 0 Å². The first kappa shape index (κ1) is 21.9. The van der Waals surface area contributed by atoms with Crippen molar-refractivity contribution in [3.05, 3.63) is 88.6 Å². The van der Waals surface area contributed by atoms with Crippen molar-refractivity contribution in [3.8, 4) is 16.9 Å². The van der Waals surface area contributed by atoms with Gasteiger partial charge in [-0.2, -0.15) is 0 Å². The Morgan fingerprint density at radius 1 is 1.03 bits per heavy atom. The van der Waals surface area contributed by atoms with Gasteiger partial charge in [0, 0.05) is 23.1 Å². The van der Waals surface area contributed by atoms with Crippen LogP contribution in [0.2, 0.25) is 5.02 Å². The summed E-state index contributed by atoms with van der Waals surface area (Å²) in [5.74, 6) is 0.348. The van der Waals surface area contributed by atoms with Crippen molar-refractivity contribution in [2.75, 3.05) is 6.61 Å². The van der Waals surface area contributed by atoms with E-state index in [0.717, 1.165) is 33.2 Å². The van der Waals surface area contributed by atoms with Crippen molar-refractivity contribution < 1.29 is 18.7 Å². The fourth-order valence-corrected chi connectivity index (χ4v) is 3.88. The summed E-state index contributed by atoms with van der Waals surface area (Å²) in [6, 6.07) is 19.4. The molecule has 4 rings (SSSR count). The van der Waals surface area contributed by atoms with Crippen LogP contribution in [-0.4, -0.2) is 12.6 Å². The van der Waals surface area contributed by atoms with Crippen LogP contribution in [0, 0.1) is 0 Å². The lowest BCUT2D eigenvalue weighted by atomic mass is 10.0. The molecule has 0 aliphatic carbocycles. The molecule has 0 spiro atoms. The van der Waals surface area contributed by atoms with Crippen molar-refractivity contribution in [3.63, 3.8) is 0 Å². The van der Waals surface area contributed by atoms with Gasteiger partial charge in [-0.25, -0.2) is 0 Å². The van der Waals surface area contributed by atoms with E-state index < -0.39 is 0 Å². The number of rotatable bonds is 8. The minimum atomic E-state index is -0.284. The number of para-hydroxylation sites is 1. The number of carbonyl (C=O) groups is 1. The molecule has 0 bridgehead atoms. The van der Waals surface area contributed by atoms with Crippen LogP contribution in [0.1, 0.15) is 23.6 Å². The third-order valence-electron chi connectivity index (χ3n) is 5.20. The van der Waals surface area contributed by atoms with Crippen LogP contribution in [0.4, 0.5) is 0 Å². The minimum Gasteiger partial charge on any atom is -0.488 e. The minimum absolute atomic E-state index is 0.156. The normalized spacial score (nSPS) is 11.0. The summed E-state index contributed by atoms with van der Waals surface area (Å²) in [6.07, 6.45) is 1.81. The van der Waals surface area contributed by atoms with Crippen LogP contribution in [-0.2, 0) is 29.1 Å². The highest BCUT2D eigenvalue weighted by Crippen LogP contribution is 2.34. The van der Waals surface area contributed by atoms with E-state index in [2.05, 4.69) is 6.07 Å². The largest absolute Gasteiger partial charge is 0.488 e. The molecule has 5 nitrogen and oxygen atoms in total. The number of carbonyl (C=O) groups excluding carboxylic acids is 1. The Bertz CT molecular complexity index is 1250. The molecular weight excluding hydrogens is 426 g/mol. The number of benzene rings is 3. The van der Waals surface area contributed by atoms with Gasteiger partial charge >= 0.3 is 5.97 Å². The van der Waals surface area contributed by atoms with Gasteiger partial charge in [0.1, 0.15) is 12.4 Å². The second-order valence-electron chi connectivity index (χ2n) is 7.38. The Morgan fingerprint density at radius 3 is 2.69 bits per heavy atom. The number of furan rings is 1. The number of esters is 1. The van der Waals surface area contributed by atoms with Crippen molar-refractivity contribution in [1.29, 1.82) is 0 Å². The summed E-state index contributed by atoms with van der Waals surface area (Å²) >= 11 is 6.52. The molecule has 1 aromatic heterocycles. The van der Waals surface area contributed by atoms with E-state index in [-0.39, 0.29) is 19.0 Å². The highest BCUT2D eigenvalue weighted by Gasteiger charge is 2.15. The average Bonchev–Trinajstić information content (AvgIpc) is 3.22. The van der Waals surface area contributed by atoms with Gasteiger partial charge in [-0.3, -0.25) is 4.79 Å². The van der Waals surface area contributed by atoms with E-state index in [1.165, 1.54) is 0 Å². The Hall–Kier alpha value is -3.28. The Balaban J connectivity index is 1.61. The van der Waals surface area contributed by atoms with Gasteiger partial charge < -0.3 is 19.6 Å². The number of hydrogen-bond acceptors (Lipinski definition) is 5. The first-order chi connectivity index (χ1) is 15.6. The van der Waals surface area contributed by atoms with Gasteiger partial charge in [0.15, 0.2) is 5.58 Å². The predicted octanol–water partition coefficient (Wildman–Crippen LogP) is 5.90. The molecule has 0 aliphatic rings. The fourth-order valence-electron chi connectivity index (χ4n) is 3.62. The standard InChI is InChI=1S/C26H24ClNO4/c1-2-30-25(29)13-19-7-3-4-9-24(19)31-15-21-16-32-26-22(21)11-20(12-23(26)27)18-8-5-6-17(10-18)14-28/h3-12,16H,2,13-15,28H2,1H3. The van der Waals surface area contributed by atoms with Crippen LogP contribution < -0.4 is 10.5 Å². The third kappa shape index (κ3) is 4.79. The molecule has 1 heterocycles. The zero-order valence-electron chi connectivity index (χ0n) is 17.8. The van der Waals surface area contributed by atoms with E-state index in [1.54, 1.807) is 13.2 Å². The van der Waals surface area contributed by atoms with Crippen molar-refractivity contribution in [2.24, 2.45) is 5.73 Å². The Kier molecular flexibility index (Phi) is 6.78. The number of halogens is 1. The molecule has 6 heteroatoms. The van der Waals surface area contributed by atoms with E-state index in [1.807, 2.05) is 54.6 Å². The molecule has 0 saturated carbocycles. The number of fused-ring (bicyclic) bond motifs is 1. The number of ether oxygens (including phenoxy) is 2. The molecule has 32 heavy (non-hydrogen) atoms. The quantitative estimate of drug-likeness (QED) is 0.339. The van der Waals surface area contributed by atoms with Gasteiger partial charge in [0.2, 0.25) is 0 Å². The summed E-state index contributed by atoms with van der Waals surface area (Å²) in [5, 5.41) is 1.41. The molecule has 0 amide bonds. The maximum absolute atomic E-state index is 11.9. The molecule has 0 atom stereocenters. The summed E-state index contributed by atoms with van der Waals surface area (Å²) < 4.78 is 16.8. The average molecular weight is 450 g/mol. The van der Waals surface area contributed by atoms with E-state index in [4.69, 9.17) is 31.2 Å². The van der Waals surface area contributed by atoms with Crippen LogP contribution in [0.3, 0.4) is 0 Å². The van der Waals surface area contributed by atoms with Gasteiger partial charge in [0.05, 0.1) is 24.3 Å². The smallest absolute Gasteiger partial charge is 0.310 e. The van der Waals surface area contributed by atoms with E-state index >= 15 is 0 Å². The van der Waals surface area contributed by atoms with Crippen molar-refractivity contribution in [2.45, 2.75) is 26.5 Å². The zero-order chi connectivity index (χ0) is 22.5. The molecule has 3 aromatic carbocycles. The molecule has 0 saturated heterocycles. The molecule has 0 radical (unpaired) electrons. The highest BCUT2D eigenvalue weighted by atomic mass is 35.5. The third-order valence-corrected chi connectivity index (χ3v) is 5.48. The molecule has 0 unspecified atom stereocenters. The van der Waals surface area contributed by atoms with Crippen LogP contribution in [0.15, 0.2) is 71.3 Å². The number of hydrogen-bond donors (Lipinski definition) is 1. The summed E-state index contributed by atoms with van der Waals surface area (Å²) in [6.45, 7) is 2.88. The van der Waals surface area contributed by atoms with Crippen molar-refractivity contribution >= 4 is 28.5 Å². The lowest BCUT2D eigenvalue weighted by Gasteiger charge is -2.11. The van der Waals surface area contributed by atoms with Crippen molar-refractivity contribution in [1.82, 2.24) is 0 Å². The van der Waals surface area contributed by atoms with E-state index in [9.17, 15) is 4.79 Å². The monoisotopic (exact) mass is 449 g/mol. The van der Waals surface area contributed by atoms with Crippen LogP contribution in [0.5, 0.6) is 5.75 Å². The lowest BCUT2D eigenvalue weighted by Crippen LogP contribution is -2.09. The molecule has 164 valence electrons. The maximum Gasteiger partial charge on any atom is 0.310 e. The number of nitrogens with two attached hydrogens (primary N) is 1. The summed E-state index contributed by atoms with van der Waals surface area (Å²) in [5.41, 5.74) is 11.1. The summed E-state index contributed by atoms with van der Waals surface area (Å²) in [4.78, 5) is 11.9. The first-order valence-electron chi connectivity index (χ1n) is 10.4. The summed E-state index contributed by atoms with van der Waals surface area (Å²) in [7, 11) is 0. The van der Waals surface area contributed by atoms with Gasteiger partial charge in [-0.15, -0.1) is 0 Å². The second-order valence-corrected chi connectivity index (χ2v) is 7.79.